The molecule has 0 aliphatic rings. The quantitative estimate of drug-likeness (QED) is 0.320. The molecule has 0 saturated heterocycles. The summed E-state index contributed by atoms with van der Waals surface area (Å²) in [4.78, 5) is 0. The first-order valence-corrected chi connectivity index (χ1v) is 9.73. The molecule has 0 aliphatic heterocycles. The van der Waals surface area contributed by atoms with Gasteiger partial charge in [-0.25, -0.2) is 0 Å². The van der Waals surface area contributed by atoms with E-state index in [9.17, 15) is 0 Å². The second kappa shape index (κ2) is 24.9. The average Bonchev–Trinajstić information content (AvgIpc) is 2.48. The fourth-order valence-corrected chi connectivity index (χ4v) is 2.55. The van der Waals surface area contributed by atoms with E-state index in [2.05, 4.69) is 13.8 Å². The lowest BCUT2D eigenvalue weighted by Crippen LogP contribution is -1.83. The first-order valence-electron chi connectivity index (χ1n) is 9.73. The van der Waals surface area contributed by atoms with Gasteiger partial charge in [-0.15, -0.1) is 0 Å². The summed E-state index contributed by atoms with van der Waals surface area (Å²) in [5.74, 6) is 0. The van der Waals surface area contributed by atoms with Crippen LogP contribution in [0.3, 0.4) is 0 Å². The Morgan fingerprint density at radius 2 is 0.762 bits per heavy atom. The summed E-state index contributed by atoms with van der Waals surface area (Å²) in [5, 5.41) is 7.57. The fraction of sp³-hybridized carbons (Fsp3) is 0.950. The largest absolute Gasteiger partial charge is 0.397 e. The molecule has 0 aromatic carbocycles. The van der Waals surface area contributed by atoms with Gasteiger partial charge in [0.05, 0.1) is 0 Å². The number of unbranched alkanes of at least 4 members (excludes halogenated alkanes) is 15. The number of rotatable bonds is 15. The minimum Gasteiger partial charge on any atom is -0.397 e. The smallest absolute Gasteiger partial charge is 0.0402 e. The second-order valence-corrected chi connectivity index (χ2v) is 6.12. The maximum absolute atomic E-state index is 7.57. The Hall–Kier alpha value is -0.0400. The van der Waals surface area contributed by atoms with Gasteiger partial charge in [0.15, 0.2) is 0 Å². The monoisotopic (exact) mass is 299 g/mol. The molecule has 0 saturated carbocycles. The molecule has 0 aliphatic carbocycles. The van der Waals surface area contributed by atoms with Gasteiger partial charge in [-0.2, -0.15) is 0 Å². The average molecular weight is 300 g/mol. The Labute approximate surface area is 135 Å². The topological polar surface area (TPSA) is 20.2 Å². The van der Waals surface area contributed by atoms with Crippen molar-refractivity contribution >= 4 is 0 Å². The van der Waals surface area contributed by atoms with Gasteiger partial charge in [-0.1, -0.05) is 117 Å². The summed E-state index contributed by atoms with van der Waals surface area (Å²) in [6.45, 7) is 8.11. The first kappa shape index (κ1) is 23.2. The van der Waals surface area contributed by atoms with Gasteiger partial charge in [-0.3, -0.25) is 0 Å². The van der Waals surface area contributed by atoms with E-state index in [0.29, 0.717) is 0 Å². The molecule has 1 N–H and O–H groups in total. The molecule has 0 atom stereocenters. The molecule has 1 heteroatoms. The second-order valence-electron chi connectivity index (χ2n) is 6.12. The van der Waals surface area contributed by atoms with Crippen LogP contribution in [0.15, 0.2) is 0 Å². The van der Waals surface area contributed by atoms with Gasteiger partial charge in [0.2, 0.25) is 0 Å². The molecule has 0 unspecified atom stereocenters. The highest BCUT2D eigenvalue weighted by atomic mass is 16.2. The summed E-state index contributed by atoms with van der Waals surface area (Å²) in [5.41, 5.74) is 0. The van der Waals surface area contributed by atoms with Crippen LogP contribution in [-0.4, -0.2) is 11.7 Å². The third-order valence-corrected chi connectivity index (χ3v) is 3.85. The van der Waals surface area contributed by atoms with Crippen molar-refractivity contribution in [2.24, 2.45) is 0 Å². The molecule has 0 aromatic heterocycles. The Morgan fingerprint density at radius 1 is 0.524 bits per heavy atom. The molecule has 0 rings (SSSR count). The molecule has 1 nitrogen and oxygen atoms in total. The van der Waals surface area contributed by atoms with E-state index < -0.39 is 0 Å². The highest BCUT2D eigenvalue weighted by molar-refractivity contribution is 4.50. The van der Waals surface area contributed by atoms with E-state index in [-0.39, 0.29) is 6.61 Å². The van der Waals surface area contributed by atoms with Gasteiger partial charge in [0.25, 0.3) is 0 Å². The molecule has 21 heavy (non-hydrogen) atoms. The van der Waals surface area contributed by atoms with Crippen molar-refractivity contribution in [1.29, 1.82) is 0 Å². The van der Waals surface area contributed by atoms with Gasteiger partial charge in [0.1, 0.15) is 0 Å². The molecule has 0 bridgehead atoms. The molecule has 0 heterocycles. The predicted molar refractivity (Wildman–Crippen MR) is 97.7 cm³/mol. The minimum absolute atomic E-state index is 0.250. The SMILES string of the molecule is CCO.[CH2]CCCCCCCCCCCCCCCCC. The summed E-state index contributed by atoms with van der Waals surface area (Å²) in [7, 11) is 0. The standard InChI is InChI=1S/C18H37.C2H6O/c1-3-5-7-9-11-13-15-17-18-16-14-12-10-8-6-4-2;1-2-3/h1,3-18H2,2H3;3H,2H2,1H3. The Bertz CT molecular complexity index is 129. The molecule has 0 spiro atoms. The van der Waals surface area contributed by atoms with Crippen LogP contribution in [0, 0.1) is 6.92 Å². The van der Waals surface area contributed by atoms with Gasteiger partial charge < -0.3 is 5.11 Å². The van der Waals surface area contributed by atoms with E-state index in [0.717, 1.165) is 6.42 Å². The zero-order chi connectivity index (χ0) is 16.0. The van der Waals surface area contributed by atoms with Crippen molar-refractivity contribution in [1.82, 2.24) is 0 Å². The molecule has 0 aromatic rings. The van der Waals surface area contributed by atoms with Crippen LogP contribution in [-0.2, 0) is 0 Å². The predicted octanol–water partition coefficient (Wildman–Crippen LogP) is 7.08. The minimum atomic E-state index is 0.250. The van der Waals surface area contributed by atoms with Crippen molar-refractivity contribution in [3.63, 3.8) is 0 Å². The third kappa shape index (κ3) is 28.8. The van der Waals surface area contributed by atoms with Crippen molar-refractivity contribution in [2.75, 3.05) is 6.61 Å². The molecular weight excluding hydrogens is 256 g/mol. The number of hydrogen-bond acceptors (Lipinski definition) is 1. The van der Waals surface area contributed by atoms with Crippen molar-refractivity contribution in [2.45, 2.75) is 117 Å². The van der Waals surface area contributed by atoms with E-state index in [4.69, 9.17) is 5.11 Å². The van der Waals surface area contributed by atoms with Crippen LogP contribution in [0.25, 0.3) is 0 Å². The van der Waals surface area contributed by atoms with Crippen LogP contribution in [0.4, 0.5) is 0 Å². The highest BCUT2D eigenvalue weighted by Crippen LogP contribution is 2.13. The summed E-state index contributed by atoms with van der Waals surface area (Å²) < 4.78 is 0. The van der Waals surface area contributed by atoms with Crippen LogP contribution in [0.1, 0.15) is 117 Å². The Balaban J connectivity index is 0. The van der Waals surface area contributed by atoms with E-state index in [1.165, 1.54) is 96.3 Å². The molecule has 1 radical (unpaired) electrons. The van der Waals surface area contributed by atoms with Crippen LogP contribution >= 0.6 is 0 Å². The number of hydrogen-bond donors (Lipinski definition) is 1. The third-order valence-electron chi connectivity index (χ3n) is 3.85. The first-order chi connectivity index (χ1) is 10.3. The maximum atomic E-state index is 7.57. The van der Waals surface area contributed by atoms with Gasteiger partial charge >= 0.3 is 0 Å². The van der Waals surface area contributed by atoms with Crippen LogP contribution < -0.4 is 0 Å². The van der Waals surface area contributed by atoms with Crippen molar-refractivity contribution < 1.29 is 5.11 Å². The molecular formula is C20H43O. The Kier molecular flexibility index (Phi) is 27.6. The summed E-state index contributed by atoms with van der Waals surface area (Å²) in [6.07, 6.45) is 22.8. The highest BCUT2D eigenvalue weighted by Gasteiger charge is 1.93. The maximum Gasteiger partial charge on any atom is 0.0402 e. The van der Waals surface area contributed by atoms with E-state index >= 15 is 0 Å². The molecule has 0 amide bonds. The summed E-state index contributed by atoms with van der Waals surface area (Å²) in [6, 6.07) is 0. The lowest BCUT2D eigenvalue weighted by atomic mass is 10.0. The van der Waals surface area contributed by atoms with Crippen LogP contribution in [0.2, 0.25) is 0 Å². The van der Waals surface area contributed by atoms with Gasteiger partial charge in [-0.05, 0) is 6.92 Å². The molecule has 0 fully saturated rings. The van der Waals surface area contributed by atoms with E-state index in [1.807, 2.05) is 0 Å². The van der Waals surface area contributed by atoms with Crippen LogP contribution in [0.5, 0.6) is 0 Å². The zero-order valence-electron chi connectivity index (χ0n) is 15.2. The molecule has 129 valence electrons. The Morgan fingerprint density at radius 3 is 1.00 bits per heavy atom. The lowest BCUT2D eigenvalue weighted by Gasteiger charge is -2.03. The van der Waals surface area contributed by atoms with Gasteiger partial charge in [0, 0.05) is 6.61 Å². The number of aliphatic hydroxyl groups excluding tert-OH is 1. The summed E-state index contributed by atoms with van der Waals surface area (Å²) >= 11 is 0. The fourth-order valence-electron chi connectivity index (χ4n) is 2.55. The zero-order valence-corrected chi connectivity index (χ0v) is 15.2. The van der Waals surface area contributed by atoms with E-state index in [1.54, 1.807) is 6.92 Å². The lowest BCUT2D eigenvalue weighted by molar-refractivity contribution is 0.318. The number of aliphatic hydroxyl groups is 1. The van der Waals surface area contributed by atoms with Crippen molar-refractivity contribution in [3.05, 3.63) is 6.92 Å². The van der Waals surface area contributed by atoms with Crippen molar-refractivity contribution in [3.8, 4) is 0 Å². The normalized spacial score (nSPS) is 10.3.